The number of sulfonamides is 1. The molecule has 1 aliphatic heterocycles. The average molecular weight is 357 g/mol. The standard InChI is InChI=1S/C14H19N3O6S/c1-2-8-16(12-7-9-15(10-12)14(18)19)24(22,23)13-5-3-11(4-6-13)17(20)21/h3-6,12H,2,7-10H2,1H3,(H,18,19)/t12-/m0/s1. The van der Waals surface area contributed by atoms with E-state index < -0.39 is 27.1 Å². The summed E-state index contributed by atoms with van der Waals surface area (Å²) < 4.78 is 27.0. The number of likely N-dealkylation sites (tertiary alicyclic amines) is 1. The molecule has 0 aromatic heterocycles. The molecule has 2 rings (SSSR count). The van der Waals surface area contributed by atoms with Gasteiger partial charge in [0.05, 0.1) is 9.82 Å². The molecule has 0 aliphatic carbocycles. The maximum absolute atomic E-state index is 12.9. The van der Waals surface area contributed by atoms with Gasteiger partial charge in [-0.2, -0.15) is 4.31 Å². The zero-order valence-corrected chi connectivity index (χ0v) is 14.0. The Morgan fingerprint density at radius 1 is 1.42 bits per heavy atom. The number of nitro groups is 1. The Morgan fingerprint density at radius 2 is 2.04 bits per heavy atom. The normalized spacial score (nSPS) is 18.1. The molecule has 1 heterocycles. The van der Waals surface area contributed by atoms with Crippen LogP contribution in [0.2, 0.25) is 0 Å². The van der Waals surface area contributed by atoms with Crippen LogP contribution in [-0.2, 0) is 10.0 Å². The Kier molecular flexibility index (Phi) is 5.40. The molecule has 1 saturated heterocycles. The highest BCUT2D eigenvalue weighted by Gasteiger charge is 2.36. The molecule has 1 fully saturated rings. The first kappa shape index (κ1) is 18.1. The SMILES string of the molecule is CCCN([C@H]1CCN(C(=O)O)C1)S(=O)(=O)c1ccc([N+](=O)[O-])cc1. The molecule has 1 aliphatic rings. The highest BCUT2D eigenvalue weighted by atomic mass is 32.2. The lowest BCUT2D eigenvalue weighted by molar-refractivity contribution is -0.384. The van der Waals surface area contributed by atoms with Gasteiger partial charge in [-0.05, 0) is 25.0 Å². The van der Waals surface area contributed by atoms with E-state index in [1.54, 1.807) is 0 Å². The minimum Gasteiger partial charge on any atom is -0.465 e. The number of hydrogen-bond donors (Lipinski definition) is 1. The summed E-state index contributed by atoms with van der Waals surface area (Å²) in [5, 5.41) is 19.7. The third kappa shape index (κ3) is 3.65. The van der Waals surface area contributed by atoms with E-state index in [9.17, 15) is 23.3 Å². The second-order valence-corrected chi connectivity index (χ2v) is 7.43. The summed E-state index contributed by atoms with van der Waals surface area (Å²) in [6.07, 6.45) is -0.0597. The van der Waals surface area contributed by atoms with E-state index in [0.717, 1.165) is 12.1 Å². The maximum Gasteiger partial charge on any atom is 0.407 e. The van der Waals surface area contributed by atoms with Crippen molar-refractivity contribution < 1.29 is 23.2 Å². The number of benzene rings is 1. The van der Waals surface area contributed by atoms with Crippen molar-refractivity contribution in [2.75, 3.05) is 19.6 Å². The summed E-state index contributed by atoms with van der Waals surface area (Å²) >= 11 is 0. The number of carboxylic acid groups (broad SMARTS) is 1. The largest absolute Gasteiger partial charge is 0.465 e. The summed E-state index contributed by atoms with van der Waals surface area (Å²) in [5.41, 5.74) is -0.186. The van der Waals surface area contributed by atoms with E-state index in [4.69, 9.17) is 5.11 Å². The summed E-state index contributed by atoms with van der Waals surface area (Å²) in [6, 6.07) is 4.28. The van der Waals surface area contributed by atoms with Crippen molar-refractivity contribution in [1.29, 1.82) is 0 Å². The van der Waals surface area contributed by atoms with E-state index in [1.165, 1.54) is 21.3 Å². The molecule has 1 aromatic carbocycles. The van der Waals surface area contributed by atoms with Gasteiger partial charge < -0.3 is 10.0 Å². The molecule has 0 bridgehead atoms. The molecule has 0 unspecified atom stereocenters. The van der Waals surface area contributed by atoms with E-state index >= 15 is 0 Å². The van der Waals surface area contributed by atoms with Crippen LogP contribution in [-0.4, -0.2) is 59.4 Å². The lowest BCUT2D eigenvalue weighted by atomic mass is 10.2. The van der Waals surface area contributed by atoms with E-state index in [2.05, 4.69) is 0 Å². The van der Waals surface area contributed by atoms with E-state index in [1.807, 2.05) is 6.92 Å². The van der Waals surface area contributed by atoms with Crippen molar-refractivity contribution in [1.82, 2.24) is 9.21 Å². The summed E-state index contributed by atoms with van der Waals surface area (Å²) in [7, 11) is -3.85. The first-order valence-corrected chi connectivity index (χ1v) is 8.95. The second kappa shape index (κ2) is 7.14. The van der Waals surface area contributed by atoms with Crippen LogP contribution in [0.15, 0.2) is 29.2 Å². The second-order valence-electron chi connectivity index (χ2n) is 5.54. The molecule has 0 saturated carbocycles. The summed E-state index contributed by atoms with van der Waals surface area (Å²) in [4.78, 5) is 22.3. The van der Waals surface area contributed by atoms with Crippen LogP contribution in [0.1, 0.15) is 19.8 Å². The maximum atomic E-state index is 12.9. The number of hydrogen-bond acceptors (Lipinski definition) is 5. The molecule has 1 atom stereocenters. The van der Waals surface area contributed by atoms with Crippen LogP contribution in [0.5, 0.6) is 0 Å². The predicted molar refractivity (Wildman–Crippen MR) is 85.3 cm³/mol. The minimum absolute atomic E-state index is 0.0321. The van der Waals surface area contributed by atoms with Crippen LogP contribution in [0.3, 0.4) is 0 Å². The molecule has 132 valence electrons. The highest BCUT2D eigenvalue weighted by molar-refractivity contribution is 7.89. The Morgan fingerprint density at radius 3 is 2.50 bits per heavy atom. The quantitative estimate of drug-likeness (QED) is 0.611. The van der Waals surface area contributed by atoms with Crippen molar-refractivity contribution in [2.45, 2.75) is 30.7 Å². The van der Waals surface area contributed by atoms with Crippen LogP contribution in [0.4, 0.5) is 10.5 Å². The smallest absolute Gasteiger partial charge is 0.407 e. The minimum atomic E-state index is -3.85. The van der Waals surface area contributed by atoms with Gasteiger partial charge in [0.15, 0.2) is 0 Å². The van der Waals surface area contributed by atoms with Gasteiger partial charge in [-0.15, -0.1) is 0 Å². The number of rotatable bonds is 6. The highest BCUT2D eigenvalue weighted by Crippen LogP contribution is 2.25. The third-order valence-electron chi connectivity index (χ3n) is 3.94. The Labute approximate surface area is 139 Å². The molecular formula is C14H19N3O6S. The van der Waals surface area contributed by atoms with Gasteiger partial charge in [-0.25, -0.2) is 13.2 Å². The van der Waals surface area contributed by atoms with E-state index in [0.29, 0.717) is 12.8 Å². The lowest BCUT2D eigenvalue weighted by Crippen LogP contribution is -2.42. The molecule has 1 aromatic rings. The van der Waals surface area contributed by atoms with Gasteiger partial charge in [0, 0.05) is 37.8 Å². The number of carbonyl (C=O) groups is 1. The van der Waals surface area contributed by atoms with Gasteiger partial charge in [-0.1, -0.05) is 6.92 Å². The van der Waals surface area contributed by atoms with Crippen LogP contribution < -0.4 is 0 Å². The molecule has 0 spiro atoms. The number of nitro benzene ring substituents is 1. The van der Waals surface area contributed by atoms with Gasteiger partial charge >= 0.3 is 6.09 Å². The summed E-state index contributed by atoms with van der Waals surface area (Å²) in [5.74, 6) is 0. The Balaban J connectivity index is 2.28. The summed E-state index contributed by atoms with van der Waals surface area (Å²) in [6.45, 7) is 2.51. The predicted octanol–water partition coefficient (Wildman–Crippen LogP) is 1.75. The fraction of sp³-hybridized carbons (Fsp3) is 0.500. The van der Waals surface area contributed by atoms with Gasteiger partial charge in [0.25, 0.3) is 5.69 Å². The molecule has 0 radical (unpaired) electrons. The first-order valence-electron chi connectivity index (χ1n) is 7.51. The monoisotopic (exact) mass is 357 g/mol. The van der Waals surface area contributed by atoms with Crippen LogP contribution >= 0.6 is 0 Å². The first-order chi connectivity index (χ1) is 11.3. The van der Waals surface area contributed by atoms with Crippen molar-refractivity contribution >= 4 is 21.8 Å². The van der Waals surface area contributed by atoms with Gasteiger partial charge in [0.1, 0.15) is 0 Å². The fourth-order valence-corrected chi connectivity index (χ4v) is 4.48. The third-order valence-corrected chi connectivity index (χ3v) is 5.91. The van der Waals surface area contributed by atoms with Crippen LogP contribution in [0.25, 0.3) is 0 Å². The molecule has 9 nitrogen and oxygen atoms in total. The lowest BCUT2D eigenvalue weighted by Gasteiger charge is -2.27. The average Bonchev–Trinajstić information content (AvgIpc) is 3.02. The van der Waals surface area contributed by atoms with Crippen LogP contribution in [0, 0.1) is 10.1 Å². The Hall–Kier alpha value is -2.20. The molecule has 1 N–H and O–H groups in total. The molecule has 24 heavy (non-hydrogen) atoms. The van der Waals surface area contributed by atoms with Crippen molar-refractivity contribution in [2.24, 2.45) is 0 Å². The number of amides is 1. The number of non-ortho nitro benzene ring substituents is 1. The topological polar surface area (TPSA) is 121 Å². The molecule has 1 amide bonds. The number of nitrogens with zero attached hydrogens (tertiary/aromatic N) is 3. The zero-order chi connectivity index (χ0) is 17.9. The van der Waals surface area contributed by atoms with E-state index in [-0.39, 0.29) is 30.2 Å². The zero-order valence-electron chi connectivity index (χ0n) is 13.2. The van der Waals surface area contributed by atoms with Crippen molar-refractivity contribution in [3.8, 4) is 0 Å². The fourth-order valence-electron chi connectivity index (χ4n) is 2.75. The van der Waals surface area contributed by atoms with Gasteiger partial charge in [0.2, 0.25) is 10.0 Å². The van der Waals surface area contributed by atoms with Crippen molar-refractivity contribution in [3.05, 3.63) is 34.4 Å². The molecular weight excluding hydrogens is 338 g/mol. The van der Waals surface area contributed by atoms with Crippen molar-refractivity contribution in [3.63, 3.8) is 0 Å². The molecule has 10 heteroatoms. The Bertz CT molecular complexity index is 719. The van der Waals surface area contributed by atoms with Gasteiger partial charge in [-0.3, -0.25) is 10.1 Å².